The molecule has 2 heterocycles. The van der Waals surface area contributed by atoms with Crippen LogP contribution in [0.5, 0.6) is 0 Å². The Morgan fingerprint density at radius 3 is 2.03 bits per heavy atom. The minimum Gasteiger partial charge on any atom is -0.349 e. The van der Waals surface area contributed by atoms with Crippen LogP contribution in [0.1, 0.15) is 58.1 Å². The predicted octanol–water partition coefficient (Wildman–Crippen LogP) is 3.26. The Balaban J connectivity index is 1.52. The second-order valence-corrected chi connectivity index (χ2v) is 9.02. The van der Waals surface area contributed by atoms with Crippen LogP contribution in [0.25, 0.3) is 0 Å². The highest BCUT2D eigenvalue weighted by Crippen LogP contribution is 2.57. The number of carbonyl (C=O) groups is 4. The van der Waals surface area contributed by atoms with Crippen LogP contribution >= 0.6 is 0 Å². The van der Waals surface area contributed by atoms with E-state index >= 15 is 0 Å². The molecular formula is C25H20FNO5. The number of hydrogen-bond donors (Lipinski definition) is 0. The number of amides is 2. The number of imide groups is 1. The van der Waals surface area contributed by atoms with E-state index in [0.717, 1.165) is 12.8 Å². The van der Waals surface area contributed by atoms with E-state index in [0.29, 0.717) is 18.4 Å². The first kappa shape index (κ1) is 19.5. The van der Waals surface area contributed by atoms with E-state index < -0.39 is 52.7 Å². The average Bonchev–Trinajstić information content (AvgIpc) is 3.54. The average molecular weight is 433 g/mol. The van der Waals surface area contributed by atoms with E-state index in [1.807, 2.05) is 0 Å². The third-order valence-electron chi connectivity index (χ3n) is 7.44. The van der Waals surface area contributed by atoms with Crippen LogP contribution in [0, 0.1) is 17.7 Å². The highest BCUT2D eigenvalue weighted by molar-refractivity contribution is 6.35. The molecule has 0 bridgehead atoms. The van der Waals surface area contributed by atoms with E-state index in [2.05, 4.69) is 0 Å². The summed E-state index contributed by atoms with van der Waals surface area (Å²) < 4.78 is 19.7. The Morgan fingerprint density at radius 1 is 0.844 bits per heavy atom. The zero-order valence-electron chi connectivity index (χ0n) is 17.1. The number of ketones is 2. The summed E-state index contributed by atoms with van der Waals surface area (Å²) in [7, 11) is 0. The van der Waals surface area contributed by atoms with Gasteiger partial charge in [0.25, 0.3) is 0 Å². The lowest BCUT2D eigenvalue weighted by Crippen LogP contribution is -2.51. The molecule has 1 saturated carbocycles. The van der Waals surface area contributed by atoms with Gasteiger partial charge in [-0.15, -0.1) is 0 Å². The molecule has 3 atom stereocenters. The largest absolute Gasteiger partial charge is 0.349 e. The molecule has 2 saturated heterocycles. The number of halogens is 1. The van der Waals surface area contributed by atoms with Gasteiger partial charge < -0.3 is 4.74 Å². The molecule has 6 rings (SSSR count). The molecule has 4 aliphatic rings. The monoisotopic (exact) mass is 433 g/mol. The molecule has 162 valence electrons. The van der Waals surface area contributed by atoms with Gasteiger partial charge >= 0.3 is 0 Å². The van der Waals surface area contributed by atoms with E-state index in [4.69, 9.17) is 4.74 Å². The first-order valence-corrected chi connectivity index (χ1v) is 10.9. The van der Waals surface area contributed by atoms with Gasteiger partial charge in [0.2, 0.25) is 29.0 Å². The summed E-state index contributed by atoms with van der Waals surface area (Å²) in [6, 6.07) is 11.6. The van der Waals surface area contributed by atoms with Gasteiger partial charge in [0.05, 0.1) is 17.9 Å². The Morgan fingerprint density at radius 2 is 1.44 bits per heavy atom. The standard InChI is InChI=1S/C25H20FNO5/c26-14-11-9-13(10-12-14)20-18-19(24(31)27(23(18)30)15-5-1-2-6-15)25(32-20)21(28)16-7-3-4-8-17(16)22(25)29/h3-4,7-12,15,18-20H,1-2,5-6H2. The summed E-state index contributed by atoms with van der Waals surface area (Å²) in [4.78, 5) is 55.7. The van der Waals surface area contributed by atoms with E-state index in [1.165, 1.54) is 29.2 Å². The number of hydrogen-bond acceptors (Lipinski definition) is 5. The smallest absolute Gasteiger partial charge is 0.237 e. The number of rotatable bonds is 2. The minimum absolute atomic E-state index is 0.204. The molecule has 0 radical (unpaired) electrons. The molecule has 0 N–H and O–H groups in total. The van der Waals surface area contributed by atoms with Gasteiger partial charge in [0, 0.05) is 17.2 Å². The Hall–Kier alpha value is -3.19. The third-order valence-corrected chi connectivity index (χ3v) is 7.44. The van der Waals surface area contributed by atoms with Gasteiger partial charge in [0.15, 0.2) is 0 Å². The quantitative estimate of drug-likeness (QED) is 0.537. The molecular weight excluding hydrogens is 413 g/mol. The van der Waals surface area contributed by atoms with Gasteiger partial charge in [-0.3, -0.25) is 24.1 Å². The van der Waals surface area contributed by atoms with Crippen molar-refractivity contribution in [1.29, 1.82) is 0 Å². The second kappa shape index (κ2) is 6.65. The van der Waals surface area contributed by atoms with Crippen LogP contribution in [0.3, 0.4) is 0 Å². The number of Topliss-reactive ketones (excluding diaryl/α,β-unsaturated/α-hetero) is 2. The van der Waals surface area contributed by atoms with Crippen molar-refractivity contribution in [2.75, 3.05) is 0 Å². The van der Waals surface area contributed by atoms with Gasteiger partial charge in [0.1, 0.15) is 5.82 Å². The van der Waals surface area contributed by atoms with Crippen LogP contribution in [-0.4, -0.2) is 39.9 Å². The van der Waals surface area contributed by atoms with Crippen molar-refractivity contribution in [3.8, 4) is 0 Å². The van der Waals surface area contributed by atoms with Crippen LogP contribution in [0.4, 0.5) is 4.39 Å². The summed E-state index contributed by atoms with van der Waals surface area (Å²) in [5, 5.41) is 0. The molecule has 32 heavy (non-hydrogen) atoms. The maximum atomic E-state index is 13.7. The molecule has 1 spiro atoms. The Kier molecular flexibility index (Phi) is 4.05. The zero-order valence-corrected chi connectivity index (χ0v) is 17.1. The highest BCUT2D eigenvalue weighted by Gasteiger charge is 2.75. The second-order valence-electron chi connectivity index (χ2n) is 9.02. The van der Waals surface area contributed by atoms with E-state index in [9.17, 15) is 23.6 Å². The summed E-state index contributed by atoms with van der Waals surface area (Å²) in [6.45, 7) is 0. The van der Waals surface area contributed by atoms with Crippen molar-refractivity contribution in [3.63, 3.8) is 0 Å². The van der Waals surface area contributed by atoms with Gasteiger partial charge in [-0.2, -0.15) is 0 Å². The van der Waals surface area contributed by atoms with Crippen molar-refractivity contribution >= 4 is 23.4 Å². The summed E-state index contributed by atoms with van der Waals surface area (Å²) in [5.74, 6) is -4.76. The lowest BCUT2D eigenvalue weighted by Gasteiger charge is -2.29. The summed E-state index contributed by atoms with van der Waals surface area (Å²) in [6.07, 6.45) is 2.28. The fraction of sp³-hybridized carbons (Fsp3) is 0.360. The molecule has 6 nitrogen and oxygen atoms in total. The third kappa shape index (κ3) is 2.32. The predicted molar refractivity (Wildman–Crippen MR) is 109 cm³/mol. The maximum absolute atomic E-state index is 13.7. The number of benzene rings is 2. The van der Waals surface area contributed by atoms with Crippen LogP contribution < -0.4 is 0 Å². The normalized spacial score (nSPS) is 28.8. The molecule has 2 aromatic carbocycles. The van der Waals surface area contributed by atoms with Crippen molar-refractivity contribution in [2.24, 2.45) is 11.8 Å². The lowest BCUT2D eigenvalue weighted by molar-refractivity contribution is -0.147. The summed E-state index contributed by atoms with van der Waals surface area (Å²) in [5.41, 5.74) is -1.19. The van der Waals surface area contributed by atoms with Gasteiger partial charge in [-0.25, -0.2) is 4.39 Å². The van der Waals surface area contributed by atoms with Gasteiger partial charge in [-0.05, 0) is 30.5 Å². The fourth-order valence-corrected chi connectivity index (χ4v) is 6.02. The molecule has 2 aliphatic carbocycles. The van der Waals surface area contributed by atoms with Crippen molar-refractivity contribution in [1.82, 2.24) is 4.90 Å². The summed E-state index contributed by atoms with van der Waals surface area (Å²) >= 11 is 0. The molecule has 3 unspecified atom stereocenters. The SMILES string of the molecule is O=C1C2C(c3ccc(F)cc3)OC3(C(=O)c4ccccc4C3=O)C2C(=O)N1C1CCCC1. The lowest BCUT2D eigenvalue weighted by atomic mass is 9.77. The molecule has 2 aliphatic heterocycles. The van der Waals surface area contributed by atoms with E-state index in [1.54, 1.807) is 24.3 Å². The van der Waals surface area contributed by atoms with E-state index in [-0.39, 0.29) is 17.2 Å². The molecule has 2 aromatic rings. The Bertz CT molecular complexity index is 1150. The number of nitrogens with zero attached hydrogens (tertiary/aromatic N) is 1. The first-order chi connectivity index (χ1) is 15.4. The number of carbonyl (C=O) groups excluding carboxylic acids is 4. The Labute approximate surface area is 183 Å². The van der Waals surface area contributed by atoms with Gasteiger partial charge in [-0.1, -0.05) is 49.2 Å². The minimum atomic E-state index is -2.06. The van der Waals surface area contributed by atoms with Crippen LogP contribution in [0.2, 0.25) is 0 Å². The van der Waals surface area contributed by atoms with Crippen LogP contribution in [-0.2, 0) is 14.3 Å². The molecule has 0 aromatic heterocycles. The fourth-order valence-electron chi connectivity index (χ4n) is 6.02. The highest BCUT2D eigenvalue weighted by atomic mass is 19.1. The zero-order chi connectivity index (χ0) is 22.2. The number of fused-ring (bicyclic) bond motifs is 3. The van der Waals surface area contributed by atoms with Crippen molar-refractivity contribution in [2.45, 2.75) is 43.4 Å². The molecule has 3 fully saturated rings. The first-order valence-electron chi connectivity index (χ1n) is 10.9. The van der Waals surface area contributed by atoms with Crippen molar-refractivity contribution in [3.05, 3.63) is 71.0 Å². The molecule has 7 heteroatoms. The number of ether oxygens (including phenoxy) is 1. The maximum Gasteiger partial charge on any atom is 0.237 e. The topological polar surface area (TPSA) is 80.8 Å². The van der Waals surface area contributed by atoms with Crippen LogP contribution in [0.15, 0.2) is 48.5 Å². The molecule has 2 amide bonds. The van der Waals surface area contributed by atoms with Crippen molar-refractivity contribution < 1.29 is 28.3 Å². The number of likely N-dealkylation sites (tertiary alicyclic amines) is 1.